The topological polar surface area (TPSA) is 47.4 Å². The molecule has 1 aromatic heterocycles. The van der Waals surface area contributed by atoms with E-state index in [-0.39, 0.29) is 11.9 Å². The van der Waals surface area contributed by atoms with Crippen LogP contribution in [0.15, 0.2) is 103 Å². The van der Waals surface area contributed by atoms with Crippen LogP contribution in [0.25, 0.3) is 0 Å². The molecule has 0 aliphatic carbocycles. The first kappa shape index (κ1) is 22.1. The number of methoxy groups -OCH3 is 1. The Morgan fingerprint density at radius 2 is 1.53 bits per heavy atom. The van der Waals surface area contributed by atoms with E-state index in [1.54, 1.807) is 13.3 Å². The smallest absolute Gasteiger partial charge is 0.290 e. The maximum absolute atomic E-state index is 13.9. The van der Waals surface area contributed by atoms with Crippen molar-refractivity contribution in [3.05, 3.63) is 126 Å². The van der Waals surface area contributed by atoms with Crippen molar-refractivity contribution < 1.29 is 9.53 Å². The molecule has 0 radical (unpaired) electrons. The van der Waals surface area contributed by atoms with Gasteiger partial charge in [0.05, 0.1) is 6.04 Å². The molecule has 5 rings (SSSR count). The Kier molecular flexibility index (Phi) is 6.28. The maximum Gasteiger partial charge on any atom is 0.290 e. The second kappa shape index (κ2) is 9.65. The summed E-state index contributed by atoms with van der Waals surface area (Å²) in [5.74, 6) is 0.401. The highest BCUT2D eigenvalue weighted by Gasteiger charge is 2.49. The van der Waals surface area contributed by atoms with E-state index in [2.05, 4.69) is 41.4 Å². The van der Waals surface area contributed by atoms with E-state index in [1.807, 2.05) is 70.3 Å². The van der Waals surface area contributed by atoms with Crippen LogP contribution in [0.1, 0.15) is 40.2 Å². The van der Waals surface area contributed by atoms with Crippen LogP contribution in [0.5, 0.6) is 0 Å². The fraction of sp³-hybridized carbons (Fsp3) is 0.241. The lowest BCUT2D eigenvalue weighted by atomic mass is 9.78. The van der Waals surface area contributed by atoms with E-state index < -0.39 is 5.60 Å². The van der Waals surface area contributed by atoms with Gasteiger partial charge in [0.25, 0.3) is 5.91 Å². The van der Waals surface area contributed by atoms with Gasteiger partial charge in [-0.3, -0.25) is 4.79 Å². The van der Waals surface area contributed by atoms with Crippen molar-refractivity contribution in [2.24, 2.45) is 0 Å². The molecule has 1 saturated heterocycles. The fourth-order valence-corrected chi connectivity index (χ4v) is 5.27. The highest BCUT2D eigenvalue weighted by atomic mass is 16.5. The average Bonchev–Trinajstić information content (AvgIpc) is 3.57. The van der Waals surface area contributed by atoms with Crippen molar-refractivity contribution >= 4 is 5.91 Å². The second-order valence-electron chi connectivity index (χ2n) is 8.69. The molecule has 4 aromatic rings. The third kappa shape index (κ3) is 3.93. The molecule has 2 heterocycles. The van der Waals surface area contributed by atoms with Crippen molar-refractivity contribution in [3.8, 4) is 0 Å². The van der Waals surface area contributed by atoms with Gasteiger partial charge in [-0.05, 0) is 29.5 Å². The molecule has 5 heteroatoms. The number of hydrogen-bond acceptors (Lipinski definition) is 3. The van der Waals surface area contributed by atoms with E-state index in [1.165, 1.54) is 0 Å². The Hall–Kier alpha value is -3.70. The van der Waals surface area contributed by atoms with Crippen LogP contribution in [0.3, 0.4) is 0 Å². The van der Waals surface area contributed by atoms with E-state index in [4.69, 9.17) is 4.74 Å². The van der Waals surface area contributed by atoms with Gasteiger partial charge in [-0.1, -0.05) is 91.0 Å². The molecule has 1 atom stereocenters. The van der Waals surface area contributed by atoms with Gasteiger partial charge in [0, 0.05) is 32.6 Å². The largest absolute Gasteiger partial charge is 0.367 e. The lowest BCUT2D eigenvalue weighted by Crippen LogP contribution is -2.52. The predicted octanol–water partition coefficient (Wildman–Crippen LogP) is 5.13. The number of likely N-dealkylation sites (tertiary alicyclic amines) is 1. The number of imidazole rings is 1. The third-order valence-corrected chi connectivity index (χ3v) is 6.81. The first-order chi connectivity index (χ1) is 16.7. The van der Waals surface area contributed by atoms with Crippen LogP contribution < -0.4 is 0 Å². The molecule has 1 aliphatic rings. The SMILES string of the molecule is COC(c1ccccc1)(c1ccccc1)C1CCCN1C(=O)c1nccn1Cc1ccccc1. The summed E-state index contributed by atoms with van der Waals surface area (Å²) >= 11 is 0. The highest BCUT2D eigenvalue weighted by Crippen LogP contribution is 2.43. The maximum atomic E-state index is 13.9. The molecule has 0 spiro atoms. The summed E-state index contributed by atoms with van der Waals surface area (Å²) in [6.07, 6.45) is 5.35. The van der Waals surface area contributed by atoms with Gasteiger partial charge in [-0.25, -0.2) is 4.98 Å². The zero-order chi connectivity index (χ0) is 23.4. The number of aromatic nitrogens is 2. The van der Waals surface area contributed by atoms with Crippen LogP contribution in [-0.2, 0) is 16.9 Å². The first-order valence-corrected chi connectivity index (χ1v) is 11.8. The molecule has 0 saturated carbocycles. The summed E-state index contributed by atoms with van der Waals surface area (Å²) in [5.41, 5.74) is 2.44. The molecule has 1 aliphatic heterocycles. The molecule has 0 bridgehead atoms. The minimum atomic E-state index is -0.772. The number of nitrogens with zero attached hydrogens (tertiary/aromatic N) is 3. The zero-order valence-electron chi connectivity index (χ0n) is 19.4. The van der Waals surface area contributed by atoms with Crippen LogP contribution in [0.4, 0.5) is 0 Å². The lowest BCUT2D eigenvalue weighted by molar-refractivity contribution is -0.0364. The number of carbonyl (C=O) groups is 1. The molecule has 172 valence electrons. The first-order valence-electron chi connectivity index (χ1n) is 11.8. The Morgan fingerprint density at radius 1 is 0.941 bits per heavy atom. The summed E-state index contributed by atoms with van der Waals surface area (Å²) in [6, 6.07) is 30.5. The van der Waals surface area contributed by atoms with Crippen molar-refractivity contribution in [2.45, 2.75) is 31.0 Å². The normalized spacial score (nSPS) is 16.0. The van der Waals surface area contributed by atoms with Crippen molar-refractivity contribution in [2.75, 3.05) is 13.7 Å². The zero-order valence-corrected chi connectivity index (χ0v) is 19.4. The molecule has 1 fully saturated rings. The van der Waals surface area contributed by atoms with Crippen molar-refractivity contribution in [1.82, 2.24) is 14.5 Å². The monoisotopic (exact) mass is 451 g/mol. The molecule has 5 nitrogen and oxygen atoms in total. The molecular weight excluding hydrogens is 422 g/mol. The second-order valence-corrected chi connectivity index (χ2v) is 8.69. The number of rotatable bonds is 7. The predicted molar refractivity (Wildman–Crippen MR) is 133 cm³/mol. The Bertz CT molecular complexity index is 1180. The van der Waals surface area contributed by atoms with E-state index in [9.17, 15) is 4.79 Å². The highest BCUT2D eigenvalue weighted by molar-refractivity contribution is 5.91. The summed E-state index contributed by atoms with van der Waals surface area (Å²) in [5, 5.41) is 0. The molecule has 34 heavy (non-hydrogen) atoms. The number of ether oxygens (including phenoxy) is 1. The minimum absolute atomic E-state index is 0.0586. The fourth-order valence-electron chi connectivity index (χ4n) is 5.27. The number of benzene rings is 3. The molecule has 3 aromatic carbocycles. The molecule has 1 amide bonds. The van der Waals surface area contributed by atoms with Gasteiger partial charge in [0.1, 0.15) is 5.60 Å². The van der Waals surface area contributed by atoms with Gasteiger partial charge in [-0.2, -0.15) is 0 Å². The number of amides is 1. The van der Waals surface area contributed by atoms with Crippen molar-refractivity contribution in [1.29, 1.82) is 0 Å². The van der Waals surface area contributed by atoms with Gasteiger partial charge < -0.3 is 14.2 Å². The van der Waals surface area contributed by atoms with Crippen LogP contribution in [0.2, 0.25) is 0 Å². The van der Waals surface area contributed by atoms with Crippen LogP contribution in [-0.4, -0.2) is 40.1 Å². The third-order valence-electron chi connectivity index (χ3n) is 6.81. The summed E-state index contributed by atoms with van der Waals surface area (Å²) in [6.45, 7) is 1.28. The Balaban J connectivity index is 1.54. The summed E-state index contributed by atoms with van der Waals surface area (Å²) in [4.78, 5) is 20.4. The number of hydrogen-bond donors (Lipinski definition) is 0. The lowest BCUT2D eigenvalue weighted by Gasteiger charge is -2.43. The number of carbonyl (C=O) groups excluding carboxylic acids is 1. The molecular formula is C29H29N3O2. The van der Waals surface area contributed by atoms with Gasteiger partial charge in [-0.15, -0.1) is 0 Å². The standard InChI is InChI=1S/C29H29N3O2/c1-34-29(24-14-7-3-8-15-24,25-16-9-4-10-17-25)26-18-11-20-32(26)28(33)27-30-19-21-31(27)22-23-12-5-2-6-13-23/h2-10,12-17,19,21,26H,11,18,20,22H2,1H3. The molecule has 1 unspecified atom stereocenters. The van der Waals surface area contributed by atoms with E-state index in [0.717, 1.165) is 29.5 Å². The van der Waals surface area contributed by atoms with Gasteiger partial charge >= 0.3 is 0 Å². The van der Waals surface area contributed by atoms with Gasteiger partial charge in [0.15, 0.2) is 5.82 Å². The summed E-state index contributed by atoms with van der Waals surface area (Å²) in [7, 11) is 1.75. The Labute approximate surface area is 200 Å². The van der Waals surface area contributed by atoms with Gasteiger partial charge in [0.2, 0.25) is 0 Å². The van der Waals surface area contributed by atoms with Crippen LogP contribution in [0, 0.1) is 0 Å². The average molecular weight is 452 g/mol. The minimum Gasteiger partial charge on any atom is -0.367 e. The van der Waals surface area contributed by atoms with E-state index >= 15 is 0 Å². The quantitative estimate of drug-likeness (QED) is 0.392. The summed E-state index contributed by atoms with van der Waals surface area (Å²) < 4.78 is 8.33. The van der Waals surface area contributed by atoms with Crippen molar-refractivity contribution in [3.63, 3.8) is 0 Å². The molecule has 0 N–H and O–H groups in total. The Morgan fingerprint density at radius 3 is 2.12 bits per heavy atom. The van der Waals surface area contributed by atoms with E-state index in [0.29, 0.717) is 18.9 Å². The van der Waals surface area contributed by atoms with Crippen LogP contribution >= 0.6 is 0 Å².